The molecule has 1 amide bonds. The summed E-state index contributed by atoms with van der Waals surface area (Å²) in [6, 6.07) is 4.41. The summed E-state index contributed by atoms with van der Waals surface area (Å²) in [5.74, 6) is 0.107. The SMILES string of the molecule is CC(C)CCC(C)NC(=O)c1ccc(F)c(Br)c1. The third kappa shape index (κ3) is 4.77. The molecule has 0 aliphatic rings. The van der Waals surface area contributed by atoms with Gasteiger partial charge in [-0.25, -0.2) is 4.39 Å². The lowest BCUT2D eigenvalue weighted by Gasteiger charge is -2.15. The Morgan fingerprint density at radius 3 is 2.56 bits per heavy atom. The lowest BCUT2D eigenvalue weighted by Crippen LogP contribution is -2.32. The van der Waals surface area contributed by atoms with Gasteiger partial charge in [0.15, 0.2) is 0 Å². The zero-order chi connectivity index (χ0) is 13.7. The van der Waals surface area contributed by atoms with E-state index >= 15 is 0 Å². The summed E-state index contributed by atoms with van der Waals surface area (Å²) >= 11 is 3.08. The Labute approximate surface area is 116 Å². The fraction of sp³-hybridized carbons (Fsp3) is 0.500. The lowest BCUT2D eigenvalue weighted by atomic mass is 10.0. The second-order valence-electron chi connectivity index (χ2n) is 4.97. The molecule has 0 spiro atoms. The largest absolute Gasteiger partial charge is 0.350 e. The molecule has 0 aliphatic carbocycles. The number of amides is 1. The topological polar surface area (TPSA) is 29.1 Å². The Morgan fingerprint density at radius 2 is 2.00 bits per heavy atom. The van der Waals surface area contributed by atoms with Gasteiger partial charge < -0.3 is 5.32 Å². The highest BCUT2D eigenvalue weighted by atomic mass is 79.9. The van der Waals surface area contributed by atoms with Crippen LogP contribution in [-0.4, -0.2) is 11.9 Å². The Balaban J connectivity index is 2.56. The normalized spacial score (nSPS) is 12.6. The molecular formula is C14H19BrFNO. The monoisotopic (exact) mass is 315 g/mol. The molecule has 18 heavy (non-hydrogen) atoms. The molecule has 0 aliphatic heterocycles. The van der Waals surface area contributed by atoms with Crippen molar-refractivity contribution in [1.82, 2.24) is 5.32 Å². The highest BCUT2D eigenvalue weighted by Crippen LogP contribution is 2.17. The van der Waals surface area contributed by atoms with Gasteiger partial charge in [-0.1, -0.05) is 13.8 Å². The predicted octanol–water partition coefficient (Wildman–Crippen LogP) is 4.14. The molecule has 1 aromatic carbocycles. The van der Waals surface area contributed by atoms with Crippen LogP contribution in [-0.2, 0) is 0 Å². The van der Waals surface area contributed by atoms with Gasteiger partial charge in [-0.05, 0) is 59.8 Å². The van der Waals surface area contributed by atoms with E-state index in [0.29, 0.717) is 16.0 Å². The van der Waals surface area contributed by atoms with Crippen LogP contribution in [0.4, 0.5) is 4.39 Å². The molecule has 0 bridgehead atoms. The summed E-state index contributed by atoms with van der Waals surface area (Å²) < 4.78 is 13.4. The maximum Gasteiger partial charge on any atom is 0.251 e. The Bertz CT molecular complexity index is 420. The van der Waals surface area contributed by atoms with Crippen molar-refractivity contribution < 1.29 is 9.18 Å². The van der Waals surface area contributed by atoms with Crippen molar-refractivity contribution in [2.75, 3.05) is 0 Å². The van der Waals surface area contributed by atoms with Crippen molar-refractivity contribution in [2.45, 2.75) is 39.7 Å². The minimum atomic E-state index is -0.362. The molecule has 0 radical (unpaired) electrons. The standard InChI is InChI=1S/C14H19BrFNO/c1-9(2)4-5-10(3)17-14(18)11-6-7-13(16)12(15)8-11/h6-10H,4-5H2,1-3H3,(H,17,18). The van der Waals surface area contributed by atoms with Crippen molar-refractivity contribution in [3.8, 4) is 0 Å². The molecule has 100 valence electrons. The van der Waals surface area contributed by atoms with Crippen molar-refractivity contribution in [1.29, 1.82) is 0 Å². The molecule has 0 saturated heterocycles. The predicted molar refractivity (Wildman–Crippen MR) is 75.1 cm³/mol. The number of hydrogen-bond acceptors (Lipinski definition) is 1. The zero-order valence-corrected chi connectivity index (χ0v) is 12.6. The van der Waals surface area contributed by atoms with Crippen molar-refractivity contribution >= 4 is 21.8 Å². The molecule has 1 N–H and O–H groups in total. The first kappa shape index (κ1) is 15.2. The van der Waals surface area contributed by atoms with Crippen LogP contribution >= 0.6 is 15.9 Å². The highest BCUT2D eigenvalue weighted by Gasteiger charge is 2.11. The van der Waals surface area contributed by atoms with Crippen LogP contribution in [0.15, 0.2) is 22.7 Å². The van der Waals surface area contributed by atoms with Crippen LogP contribution in [0.3, 0.4) is 0 Å². The fourth-order valence-electron chi connectivity index (χ4n) is 1.60. The molecule has 0 heterocycles. The maximum atomic E-state index is 13.1. The molecule has 0 aromatic heterocycles. The number of halogens is 2. The van der Waals surface area contributed by atoms with Crippen LogP contribution in [0.5, 0.6) is 0 Å². The van der Waals surface area contributed by atoms with Gasteiger partial charge in [-0.15, -0.1) is 0 Å². The van der Waals surface area contributed by atoms with Crippen LogP contribution < -0.4 is 5.32 Å². The van der Waals surface area contributed by atoms with Gasteiger partial charge in [0, 0.05) is 11.6 Å². The summed E-state index contributed by atoms with van der Waals surface area (Å²) in [6.07, 6.45) is 2.03. The van der Waals surface area contributed by atoms with Gasteiger partial charge in [-0.3, -0.25) is 4.79 Å². The number of carbonyl (C=O) groups is 1. The number of carbonyl (C=O) groups excluding carboxylic acids is 1. The van der Waals surface area contributed by atoms with Crippen LogP contribution in [0, 0.1) is 11.7 Å². The summed E-state index contributed by atoms with van der Waals surface area (Å²) in [5, 5.41) is 2.92. The first-order valence-electron chi connectivity index (χ1n) is 6.16. The summed E-state index contributed by atoms with van der Waals surface area (Å²) in [7, 11) is 0. The second-order valence-corrected chi connectivity index (χ2v) is 5.83. The van der Waals surface area contributed by atoms with E-state index in [1.165, 1.54) is 18.2 Å². The Hall–Kier alpha value is -0.900. The van der Waals surface area contributed by atoms with Crippen molar-refractivity contribution in [2.24, 2.45) is 5.92 Å². The molecule has 4 heteroatoms. The van der Waals surface area contributed by atoms with Gasteiger partial charge in [0.25, 0.3) is 5.91 Å². The van der Waals surface area contributed by atoms with Crippen molar-refractivity contribution in [3.05, 3.63) is 34.1 Å². The van der Waals surface area contributed by atoms with Crippen molar-refractivity contribution in [3.63, 3.8) is 0 Å². The number of benzene rings is 1. The minimum Gasteiger partial charge on any atom is -0.350 e. The Morgan fingerprint density at radius 1 is 1.33 bits per heavy atom. The number of rotatable bonds is 5. The van der Waals surface area contributed by atoms with E-state index < -0.39 is 0 Å². The highest BCUT2D eigenvalue weighted by molar-refractivity contribution is 9.10. The first-order chi connectivity index (χ1) is 8.40. The van der Waals surface area contributed by atoms with Gasteiger partial charge in [0.05, 0.1) is 4.47 Å². The molecule has 0 saturated carbocycles. The summed E-state index contributed by atoms with van der Waals surface area (Å²) in [5.41, 5.74) is 0.472. The smallest absolute Gasteiger partial charge is 0.251 e. The minimum absolute atomic E-state index is 0.128. The van der Waals surface area contributed by atoms with E-state index in [1.807, 2.05) is 6.92 Å². The van der Waals surface area contributed by atoms with Gasteiger partial charge >= 0.3 is 0 Å². The Kier molecular flexibility index (Phi) is 5.79. The van der Waals surface area contributed by atoms with E-state index in [4.69, 9.17) is 0 Å². The van der Waals surface area contributed by atoms with E-state index in [1.54, 1.807) is 0 Å². The van der Waals surface area contributed by atoms with E-state index in [-0.39, 0.29) is 17.8 Å². The lowest BCUT2D eigenvalue weighted by molar-refractivity contribution is 0.0937. The molecule has 1 unspecified atom stereocenters. The fourth-order valence-corrected chi connectivity index (χ4v) is 1.98. The maximum absolute atomic E-state index is 13.1. The summed E-state index contributed by atoms with van der Waals surface area (Å²) in [4.78, 5) is 11.9. The molecular weight excluding hydrogens is 297 g/mol. The van der Waals surface area contributed by atoms with E-state index in [0.717, 1.165) is 12.8 Å². The molecule has 1 rings (SSSR count). The number of hydrogen-bond donors (Lipinski definition) is 1. The third-order valence-corrected chi connectivity index (χ3v) is 3.34. The average Bonchev–Trinajstić information content (AvgIpc) is 2.30. The average molecular weight is 316 g/mol. The molecule has 1 aromatic rings. The van der Waals surface area contributed by atoms with Gasteiger partial charge in [0.2, 0.25) is 0 Å². The molecule has 2 nitrogen and oxygen atoms in total. The summed E-state index contributed by atoms with van der Waals surface area (Å²) in [6.45, 7) is 6.30. The van der Waals surface area contributed by atoms with Gasteiger partial charge in [0.1, 0.15) is 5.82 Å². The van der Waals surface area contributed by atoms with Gasteiger partial charge in [-0.2, -0.15) is 0 Å². The van der Waals surface area contributed by atoms with Crippen LogP contribution in [0.25, 0.3) is 0 Å². The van der Waals surface area contributed by atoms with E-state index in [2.05, 4.69) is 35.1 Å². The third-order valence-electron chi connectivity index (χ3n) is 2.74. The number of nitrogens with one attached hydrogen (secondary N) is 1. The molecule has 0 fully saturated rings. The van der Waals surface area contributed by atoms with Crippen LogP contribution in [0.1, 0.15) is 44.0 Å². The first-order valence-corrected chi connectivity index (χ1v) is 6.95. The molecule has 1 atom stereocenters. The van der Waals surface area contributed by atoms with E-state index in [9.17, 15) is 9.18 Å². The quantitative estimate of drug-likeness (QED) is 0.869. The van der Waals surface area contributed by atoms with Crippen LogP contribution in [0.2, 0.25) is 0 Å². The zero-order valence-electron chi connectivity index (χ0n) is 11.0. The second kappa shape index (κ2) is 6.88.